The average Bonchev–Trinajstić information content (AvgIpc) is 2.88. The Balaban J connectivity index is 1.32. The summed E-state index contributed by atoms with van der Waals surface area (Å²) in [5.74, 6) is -0.642. The molecule has 0 spiro atoms. The van der Waals surface area contributed by atoms with Crippen LogP contribution in [0.5, 0.6) is 0 Å². The quantitative estimate of drug-likeness (QED) is 0.252. The highest BCUT2D eigenvalue weighted by Gasteiger charge is 2.27. The predicted octanol–water partition coefficient (Wildman–Crippen LogP) is 2.78. The number of thiocarbonyl (C=S) groups is 1. The van der Waals surface area contributed by atoms with Crippen LogP contribution in [0.25, 0.3) is 0 Å². The highest BCUT2D eigenvalue weighted by molar-refractivity contribution is 7.89. The van der Waals surface area contributed by atoms with Crippen LogP contribution in [0, 0.1) is 0 Å². The number of esters is 1. The van der Waals surface area contributed by atoms with E-state index in [0.29, 0.717) is 44.9 Å². The van der Waals surface area contributed by atoms with Gasteiger partial charge in [-0.25, -0.2) is 8.42 Å². The molecule has 1 fully saturated rings. The van der Waals surface area contributed by atoms with Gasteiger partial charge in [-0.05, 0) is 68.4 Å². The van der Waals surface area contributed by atoms with Crippen LogP contribution in [0.3, 0.4) is 0 Å². The van der Waals surface area contributed by atoms with E-state index in [1.54, 1.807) is 12.1 Å². The van der Waals surface area contributed by atoms with Crippen LogP contribution in [0.4, 0.5) is 5.69 Å². The summed E-state index contributed by atoms with van der Waals surface area (Å²) in [6.45, 7) is 2.66. The number of ether oxygens (including phenoxy) is 1. The monoisotopic (exact) mass is 546 g/mol. The summed E-state index contributed by atoms with van der Waals surface area (Å²) in [5, 5.41) is 5.55. The van der Waals surface area contributed by atoms with Crippen LogP contribution >= 0.6 is 12.2 Å². The molecule has 9 nitrogen and oxygen atoms in total. The number of hydrogen-bond acceptors (Lipinski definition) is 7. The zero-order valence-corrected chi connectivity index (χ0v) is 22.7. The molecular formula is C26H34N4O5S2. The number of nitrogens with zero attached hydrogens (tertiary/aromatic N) is 2. The predicted molar refractivity (Wildman–Crippen MR) is 147 cm³/mol. The molecule has 2 N–H and O–H groups in total. The third-order valence-corrected chi connectivity index (χ3v) is 8.08. The number of likely N-dealkylation sites (N-methyl/N-ethyl adjacent to an activating group) is 1. The van der Waals surface area contributed by atoms with Crippen molar-refractivity contribution in [2.24, 2.45) is 0 Å². The van der Waals surface area contributed by atoms with Gasteiger partial charge in [-0.3, -0.25) is 9.59 Å². The molecule has 2 aromatic rings. The van der Waals surface area contributed by atoms with Crippen molar-refractivity contribution in [3.8, 4) is 0 Å². The summed E-state index contributed by atoms with van der Waals surface area (Å²) in [6.07, 6.45) is 2.23. The largest absolute Gasteiger partial charge is 0.466 e. The van der Waals surface area contributed by atoms with Gasteiger partial charge in [0.2, 0.25) is 15.9 Å². The van der Waals surface area contributed by atoms with Crippen LogP contribution in [-0.2, 0) is 30.8 Å². The van der Waals surface area contributed by atoms with Crippen LogP contribution in [-0.4, -0.2) is 74.4 Å². The molecule has 1 heterocycles. The first-order valence-corrected chi connectivity index (χ1v) is 14.2. The Hall–Kier alpha value is -2.86. The Kier molecular flexibility index (Phi) is 11.0. The van der Waals surface area contributed by atoms with E-state index >= 15 is 0 Å². The van der Waals surface area contributed by atoms with Crippen molar-refractivity contribution in [1.29, 1.82) is 0 Å². The first-order chi connectivity index (χ1) is 17.7. The maximum atomic E-state index is 12.8. The van der Waals surface area contributed by atoms with Crippen molar-refractivity contribution in [1.82, 2.24) is 14.5 Å². The number of nitrogens with one attached hydrogen (secondary N) is 2. The number of amides is 1. The molecular weight excluding hydrogens is 512 g/mol. The minimum Gasteiger partial charge on any atom is -0.466 e. The summed E-state index contributed by atoms with van der Waals surface area (Å²) in [5.41, 5.74) is 1.76. The molecule has 11 heteroatoms. The fourth-order valence-corrected chi connectivity index (χ4v) is 5.47. The van der Waals surface area contributed by atoms with E-state index in [2.05, 4.69) is 15.5 Å². The molecule has 1 saturated heterocycles. The summed E-state index contributed by atoms with van der Waals surface area (Å²) in [6, 6.07) is 16.2. The summed E-state index contributed by atoms with van der Waals surface area (Å²) in [4.78, 5) is 26.3. The molecule has 1 aliphatic heterocycles. The second-order valence-corrected chi connectivity index (χ2v) is 11.2. The molecule has 0 aliphatic carbocycles. The molecule has 1 amide bonds. The van der Waals surface area contributed by atoms with Gasteiger partial charge in [0.25, 0.3) is 0 Å². The van der Waals surface area contributed by atoms with Gasteiger partial charge in [-0.15, -0.1) is 0 Å². The Morgan fingerprint density at radius 3 is 2.30 bits per heavy atom. The van der Waals surface area contributed by atoms with Gasteiger partial charge in [0.05, 0.1) is 11.5 Å². The fourth-order valence-electron chi connectivity index (χ4n) is 3.81. The van der Waals surface area contributed by atoms with Crippen molar-refractivity contribution in [3.63, 3.8) is 0 Å². The topological polar surface area (TPSA) is 108 Å². The average molecular weight is 547 g/mol. The molecule has 200 valence electrons. The number of carbonyl (C=O) groups is 2. The molecule has 37 heavy (non-hydrogen) atoms. The van der Waals surface area contributed by atoms with Crippen LogP contribution in [0.15, 0.2) is 59.5 Å². The lowest BCUT2D eigenvalue weighted by Gasteiger charge is -2.31. The molecule has 3 rings (SSSR count). The molecule has 0 saturated carbocycles. The summed E-state index contributed by atoms with van der Waals surface area (Å²) >= 11 is 5.18. The Bertz CT molecular complexity index is 1150. The SMILES string of the molecule is CN1CCN(S(=O)(=O)c2ccc(NC(=S)NC(=O)CCCC(=O)OCCCc3ccccc3)cc2)CC1. The standard InChI is InChI=1S/C26H34N4O5S2/c1-29-16-18-30(19-17-29)37(33,34)23-14-12-22(13-15-23)27-26(36)28-24(31)10-5-11-25(32)35-20-6-9-21-7-3-2-4-8-21/h2-4,7-8,12-15H,5-6,9-11,16-20H2,1H3,(H2,27,28,31,36). The molecule has 0 aromatic heterocycles. The minimum atomic E-state index is -3.55. The number of anilines is 1. The molecule has 1 aliphatic rings. The molecule has 0 atom stereocenters. The zero-order chi connectivity index (χ0) is 26.7. The minimum absolute atomic E-state index is 0.100. The number of carbonyl (C=O) groups excluding carboxylic acids is 2. The van der Waals surface area contributed by atoms with E-state index in [4.69, 9.17) is 17.0 Å². The maximum absolute atomic E-state index is 12.8. The second kappa shape index (κ2) is 14.2. The molecule has 0 bridgehead atoms. The first kappa shape index (κ1) is 28.7. The smallest absolute Gasteiger partial charge is 0.305 e. The molecule has 2 aromatic carbocycles. The van der Waals surface area contributed by atoms with Crippen molar-refractivity contribution < 1.29 is 22.7 Å². The van der Waals surface area contributed by atoms with Gasteiger partial charge in [-0.2, -0.15) is 4.31 Å². The van der Waals surface area contributed by atoms with Crippen LogP contribution < -0.4 is 10.6 Å². The van der Waals surface area contributed by atoms with Crippen molar-refractivity contribution in [3.05, 3.63) is 60.2 Å². The second-order valence-electron chi connectivity index (χ2n) is 8.90. The zero-order valence-electron chi connectivity index (χ0n) is 21.0. The van der Waals surface area contributed by atoms with E-state index in [1.807, 2.05) is 37.4 Å². The lowest BCUT2D eigenvalue weighted by Crippen LogP contribution is -2.46. The van der Waals surface area contributed by atoms with Gasteiger partial charge in [-0.1, -0.05) is 30.3 Å². The number of aryl methyl sites for hydroxylation is 1. The van der Waals surface area contributed by atoms with E-state index in [-0.39, 0.29) is 34.7 Å². The van der Waals surface area contributed by atoms with Gasteiger partial charge >= 0.3 is 5.97 Å². The maximum Gasteiger partial charge on any atom is 0.305 e. The summed E-state index contributed by atoms with van der Waals surface area (Å²) in [7, 11) is -1.58. The Morgan fingerprint density at radius 2 is 1.62 bits per heavy atom. The lowest BCUT2D eigenvalue weighted by atomic mass is 10.1. The van der Waals surface area contributed by atoms with E-state index < -0.39 is 10.0 Å². The van der Waals surface area contributed by atoms with Crippen molar-refractivity contribution in [2.75, 3.05) is 45.2 Å². The van der Waals surface area contributed by atoms with E-state index in [0.717, 1.165) is 12.8 Å². The highest BCUT2D eigenvalue weighted by atomic mass is 32.2. The third kappa shape index (κ3) is 9.51. The first-order valence-electron chi connectivity index (χ1n) is 12.3. The van der Waals surface area contributed by atoms with Crippen molar-refractivity contribution >= 4 is 44.9 Å². The Morgan fingerprint density at radius 1 is 0.946 bits per heavy atom. The van der Waals surface area contributed by atoms with Gasteiger partial charge in [0.15, 0.2) is 5.11 Å². The van der Waals surface area contributed by atoms with E-state index in [1.165, 1.54) is 22.0 Å². The Labute approximate surface area is 224 Å². The number of piperazine rings is 1. The number of benzene rings is 2. The fraction of sp³-hybridized carbons (Fsp3) is 0.423. The molecule has 0 radical (unpaired) electrons. The highest BCUT2D eigenvalue weighted by Crippen LogP contribution is 2.19. The van der Waals surface area contributed by atoms with Crippen LogP contribution in [0.1, 0.15) is 31.2 Å². The summed E-state index contributed by atoms with van der Waals surface area (Å²) < 4.78 is 32.4. The number of sulfonamides is 1. The van der Waals surface area contributed by atoms with Gasteiger partial charge < -0.3 is 20.3 Å². The van der Waals surface area contributed by atoms with Crippen LogP contribution in [0.2, 0.25) is 0 Å². The van der Waals surface area contributed by atoms with Gasteiger partial charge in [0.1, 0.15) is 0 Å². The molecule has 0 unspecified atom stereocenters. The van der Waals surface area contributed by atoms with Crippen molar-refractivity contribution in [2.45, 2.75) is 37.0 Å². The lowest BCUT2D eigenvalue weighted by molar-refractivity contribution is -0.143. The number of hydrogen-bond donors (Lipinski definition) is 2. The van der Waals surface area contributed by atoms with Gasteiger partial charge in [0, 0.05) is 44.7 Å². The third-order valence-electron chi connectivity index (χ3n) is 5.97. The van der Waals surface area contributed by atoms with E-state index in [9.17, 15) is 18.0 Å². The number of rotatable bonds is 11. The normalized spacial score (nSPS) is 14.6.